The molecule has 1 aromatic rings. The SMILES string of the molecule is O=C(NC1CC1)N1CCC(F)(F)[C@]2(CCN(c3ccccn3)C2)C1. The van der Waals surface area contributed by atoms with Gasteiger partial charge in [0.15, 0.2) is 0 Å². The summed E-state index contributed by atoms with van der Waals surface area (Å²) in [5, 5.41) is 2.92. The van der Waals surface area contributed by atoms with Gasteiger partial charge in [-0.2, -0.15) is 0 Å². The number of amides is 2. The fourth-order valence-electron chi connectivity index (χ4n) is 3.80. The topological polar surface area (TPSA) is 48.5 Å². The molecule has 2 saturated heterocycles. The van der Waals surface area contributed by atoms with Crippen LogP contribution < -0.4 is 10.2 Å². The van der Waals surface area contributed by atoms with E-state index in [0.717, 1.165) is 18.7 Å². The van der Waals surface area contributed by atoms with Crippen LogP contribution in [-0.4, -0.2) is 54.1 Å². The van der Waals surface area contributed by atoms with E-state index >= 15 is 0 Å². The Morgan fingerprint density at radius 1 is 1.21 bits per heavy atom. The monoisotopic (exact) mass is 336 g/mol. The van der Waals surface area contributed by atoms with Gasteiger partial charge < -0.3 is 15.1 Å². The number of nitrogens with one attached hydrogen (secondary N) is 1. The van der Waals surface area contributed by atoms with E-state index in [1.165, 1.54) is 0 Å². The van der Waals surface area contributed by atoms with Crippen molar-refractivity contribution in [2.45, 2.75) is 37.6 Å². The second-order valence-corrected chi connectivity index (χ2v) is 7.24. The van der Waals surface area contributed by atoms with Crippen molar-refractivity contribution in [2.75, 3.05) is 31.1 Å². The number of carbonyl (C=O) groups is 1. The van der Waals surface area contributed by atoms with Crippen LogP contribution in [0.25, 0.3) is 0 Å². The lowest BCUT2D eigenvalue weighted by molar-refractivity contribution is -0.149. The average Bonchev–Trinajstić information content (AvgIpc) is 3.28. The molecule has 0 aromatic carbocycles. The van der Waals surface area contributed by atoms with Crippen LogP contribution in [0.5, 0.6) is 0 Å². The summed E-state index contributed by atoms with van der Waals surface area (Å²) in [7, 11) is 0. The molecule has 1 aromatic heterocycles. The Morgan fingerprint density at radius 2 is 2.04 bits per heavy atom. The van der Waals surface area contributed by atoms with E-state index in [1.807, 2.05) is 23.1 Å². The second-order valence-electron chi connectivity index (χ2n) is 7.24. The van der Waals surface area contributed by atoms with E-state index in [9.17, 15) is 13.6 Å². The van der Waals surface area contributed by atoms with Crippen molar-refractivity contribution in [3.63, 3.8) is 0 Å². The van der Waals surface area contributed by atoms with Crippen molar-refractivity contribution < 1.29 is 13.6 Å². The smallest absolute Gasteiger partial charge is 0.317 e. The van der Waals surface area contributed by atoms with Gasteiger partial charge in [-0.1, -0.05) is 6.07 Å². The van der Waals surface area contributed by atoms with Crippen LogP contribution in [0.4, 0.5) is 19.4 Å². The molecule has 1 spiro atoms. The molecule has 5 nitrogen and oxygen atoms in total. The molecule has 4 rings (SSSR count). The summed E-state index contributed by atoms with van der Waals surface area (Å²) in [6.07, 6.45) is 3.78. The standard InChI is InChI=1S/C17H22F2N4O/c18-17(19)7-10-23(15(24)21-13-4-5-13)12-16(17)6-9-22(11-16)14-3-1-2-8-20-14/h1-3,8,13H,4-7,9-12H2,(H,21,24)/t16-/m0/s1. The lowest BCUT2D eigenvalue weighted by atomic mass is 9.75. The highest BCUT2D eigenvalue weighted by molar-refractivity contribution is 5.75. The number of urea groups is 1. The normalized spacial score (nSPS) is 29.1. The Balaban J connectivity index is 1.51. The number of hydrogen-bond acceptors (Lipinski definition) is 3. The molecule has 1 saturated carbocycles. The maximum Gasteiger partial charge on any atom is 0.317 e. The second kappa shape index (κ2) is 5.57. The highest BCUT2D eigenvalue weighted by Crippen LogP contribution is 2.50. The van der Waals surface area contributed by atoms with Crippen molar-refractivity contribution in [1.82, 2.24) is 15.2 Å². The van der Waals surface area contributed by atoms with Gasteiger partial charge >= 0.3 is 6.03 Å². The Hall–Kier alpha value is -1.92. The van der Waals surface area contributed by atoms with Gasteiger partial charge in [-0.05, 0) is 31.4 Å². The zero-order valence-corrected chi connectivity index (χ0v) is 13.5. The zero-order chi connectivity index (χ0) is 16.8. The number of halogens is 2. The number of carbonyl (C=O) groups excluding carboxylic acids is 1. The summed E-state index contributed by atoms with van der Waals surface area (Å²) in [5.74, 6) is -2.03. The number of anilines is 1. The summed E-state index contributed by atoms with van der Waals surface area (Å²) in [6.45, 7) is 1.02. The van der Waals surface area contributed by atoms with Gasteiger partial charge in [0.1, 0.15) is 5.82 Å². The minimum atomic E-state index is -2.76. The van der Waals surface area contributed by atoms with Gasteiger partial charge in [-0.15, -0.1) is 0 Å². The summed E-state index contributed by atoms with van der Waals surface area (Å²) in [6, 6.07) is 5.57. The molecule has 1 atom stereocenters. The first kappa shape index (κ1) is 15.6. The minimum absolute atomic E-state index is 0.113. The van der Waals surface area contributed by atoms with Gasteiger partial charge in [0.05, 0.1) is 5.41 Å². The van der Waals surface area contributed by atoms with Gasteiger partial charge in [-0.3, -0.25) is 0 Å². The first-order valence-electron chi connectivity index (χ1n) is 8.58. The molecular formula is C17H22F2N4O. The zero-order valence-electron chi connectivity index (χ0n) is 13.5. The molecule has 3 aliphatic rings. The van der Waals surface area contributed by atoms with E-state index in [-0.39, 0.29) is 38.1 Å². The number of aromatic nitrogens is 1. The maximum atomic E-state index is 14.8. The molecule has 130 valence electrons. The third-order valence-electron chi connectivity index (χ3n) is 5.48. The summed E-state index contributed by atoms with van der Waals surface area (Å²) in [5.41, 5.74) is -1.18. The number of hydrogen-bond donors (Lipinski definition) is 1. The van der Waals surface area contributed by atoms with Gasteiger partial charge in [-0.25, -0.2) is 18.6 Å². The molecule has 3 fully saturated rings. The van der Waals surface area contributed by atoms with Crippen LogP contribution in [0.2, 0.25) is 0 Å². The summed E-state index contributed by atoms with van der Waals surface area (Å²) in [4.78, 5) is 20.1. The van der Waals surface area contributed by atoms with Gasteiger partial charge in [0.25, 0.3) is 5.92 Å². The van der Waals surface area contributed by atoms with Crippen molar-refractivity contribution in [2.24, 2.45) is 5.41 Å². The van der Waals surface area contributed by atoms with Crippen molar-refractivity contribution in [3.8, 4) is 0 Å². The van der Waals surface area contributed by atoms with E-state index in [1.54, 1.807) is 11.1 Å². The Morgan fingerprint density at radius 3 is 2.75 bits per heavy atom. The van der Waals surface area contributed by atoms with Crippen molar-refractivity contribution >= 4 is 11.8 Å². The number of piperidine rings is 1. The molecule has 2 aliphatic heterocycles. The molecule has 1 aliphatic carbocycles. The van der Waals surface area contributed by atoms with Crippen molar-refractivity contribution in [1.29, 1.82) is 0 Å². The molecule has 0 radical (unpaired) electrons. The van der Waals surface area contributed by atoms with Crippen LogP contribution >= 0.6 is 0 Å². The quantitative estimate of drug-likeness (QED) is 0.903. The highest BCUT2D eigenvalue weighted by atomic mass is 19.3. The molecule has 0 unspecified atom stereocenters. The number of rotatable bonds is 2. The summed E-state index contributed by atoms with van der Waals surface area (Å²) >= 11 is 0. The molecule has 1 N–H and O–H groups in total. The van der Waals surface area contributed by atoms with Crippen LogP contribution in [0.3, 0.4) is 0 Å². The van der Waals surface area contributed by atoms with Gasteiger partial charge in [0.2, 0.25) is 0 Å². The Labute approximate surface area is 140 Å². The molecule has 7 heteroatoms. The Bertz CT molecular complexity index is 622. The highest BCUT2D eigenvalue weighted by Gasteiger charge is 2.60. The predicted octanol–water partition coefficient (Wildman–Crippen LogP) is 2.49. The fraction of sp³-hybridized carbons (Fsp3) is 0.647. The van der Waals surface area contributed by atoms with E-state index in [2.05, 4.69) is 10.3 Å². The number of nitrogens with zero attached hydrogens (tertiary/aromatic N) is 3. The van der Waals surface area contributed by atoms with E-state index < -0.39 is 11.3 Å². The number of alkyl halides is 2. The number of likely N-dealkylation sites (tertiary alicyclic amines) is 1. The largest absolute Gasteiger partial charge is 0.356 e. The lowest BCUT2D eigenvalue weighted by Gasteiger charge is -2.45. The van der Waals surface area contributed by atoms with E-state index in [4.69, 9.17) is 0 Å². The van der Waals surface area contributed by atoms with Gasteiger partial charge in [0, 0.05) is 44.8 Å². The predicted molar refractivity (Wildman–Crippen MR) is 86.2 cm³/mol. The van der Waals surface area contributed by atoms with E-state index in [0.29, 0.717) is 13.0 Å². The van der Waals surface area contributed by atoms with Crippen LogP contribution in [0, 0.1) is 5.41 Å². The fourth-order valence-corrected chi connectivity index (χ4v) is 3.80. The number of pyridine rings is 1. The van der Waals surface area contributed by atoms with Crippen LogP contribution in [0.15, 0.2) is 24.4 Å². The summed E-state index contributed by atoms with van der Waals surface area (Å²) < 4.78 is 29.5. The van der Waals surface area contributed by atoms with Crippen LogP contribution in [0.1, 0.15) is 25.7 Å². The Kier molecular flexibility index (Phi) is 3.62. The first-order chi connectivity index (χ1) is 11.5. The maximum absolute atomic E-state index is 14.8. The molecule has 2 amide bonds. The average molecular weight is 336 g/mol. The third-order valence-corrected chi connectivity index (χ3v) is 5.48. The van der Waals surface area contributed by atoms with Crippen molar-refractivity contribution in [3.05, 3.63) is 24.4 Å². The third kappa shape index (κ3) is 2.70. The van der Waals surface area contributed by atoms with Crippen LogP contribution in [-0.2, 0) is 0 Å². The first-order valence-corrected chi connectivity index (χ1v) is 8.58. The molecule has 0 bridgehead atoms. The molecule has 3 heterocycles. The minimum Gasteiger partial charge on any atom is -0.356 e. The lowest BCUT2D eigenvalue weighted by Crippen LogP contribution is -2.59. The molecular weight excluding hydrogens is 314 g/mol. The molecule has 24 heavy (non-hydrogen) atoms.